The maximum atomic E-state index is 13.4. The number of carbonyl (C=O) groups excluding carboxylic acids is 2. The van der Waals surface area contributed by atoms with E-state index in [2.05, 4.69) is 15.9 Å². The van der Waals surface area contributed by atoms with Crippen molar-refractivity contribution in [2.24, 2.45) is 11.7 Å². The van der Waals surface area contributed by atoms with E-state index >= 15 is 0 Å². The third kappa shape index (κ3) is 2.22. The van der Waals surface area contributed by atoms with Crippen LogP contribution in [0, 0.1) is 17.6 Å². The van der Waals surface area contributed by atoms with Gasteiger partial charge in [-0.15, -0.1) is 0 Å². The quantitative estimate of drug-likeness (QED) is 0.841. The van der Waals surface area contributed by atoms with E-state index in [1.165, 1.54) is 0 Å². The third-order valence-corrected chi connectivity index (χ3v) is 3.58. The average molecular weight is 319 g/mol. The fourth-order valence-corrected chi connectivity index (χ4v) is 2.31. The lowest BCUT2D eigenvalue weighted by Crippen LogP contribution is -2.28. The van der Waals surface area contributed by atoms with E-state index in [1.807, 2.05) is 0 Å². The second-order valence-corrected chi connectivity index (χ2v) is 4.82. The molecule has 7 heteroatoms. The lowest BCUT2D eigenvalue weighted by atomic mass is 10.1. The molecular weight excluding hydrogens is 310 g/mol. The van der Waals surface area contributed by atoms with Crippen molar-refractivity contribution in [3.63, 3.8) is 0 Å². The second kappa shape index (κ2) is 4.64. The highest BCUT2D eigenvalue weighted by atomic mass is 79.9. The molecule has 1 aromatic carbocycles. The number of nitrogens with zero attached hydrogens (tertiary/aromatic N) is 1. The molecule has 18 heavy (non-hydrogen) atoms. The van der Waals surface area contributed by atoms with Gasteiger partial charge in [0.05, 0.1) is 16.1 Å². The topological polar surface area (TPSA) is 63.4 Å². The first kappa shape index (κ1) is 12.9. The molecule has 1 atom stereocenters. The van der Waals surface area contributed by atoms with Gasteiger partial charge in [0, 0.05) is 19.0 Å². The Bertz CT molecular complexity index is 536. The molecule has 1 aromatic rings. The van der Waals surface area contributed by atoms with E-state index in [0.29, 0.717) is 6.07 Å². The Morgan fingerprint density at radius 3 is 2.67 bits per heavy atom. The van der Waals surface area contributed by atoms with Crippen LogP contribution in [0.1, 0.15) is 6.42 Å². The molecule has 0 aromatic heterocycles. The van der Waals surface area contributed by atoms with Crippen LogP contribution in [0.15, 0.2) is 16.6 Å². The van der Waals surface area contributed by atoms with Crippen LogP contribution in [0.25, 0.3) is 0 Å². The number of primary amides is 1. The zero-order chi connectivity index (χ0) is 13.4. The molecule has 2 amide bonds. The van der Waals surface area contributed by atoms with E-state index in [0.717, 1.165) is 11.0 Å². The number of hydrogen-bond acceptors (Lipinski definition) is 2. The summed E-state index contributed by atoms with van der Waals surface area (Å²) in [5.41, 5.74) is 5.19. The molecular formula is C11H9BrF2N2O2. The van der Waals surface area contributed by atoms with Crippen molar-refractivity contribution in [1.29, 1.82) is 0 Å². The predicted molar refractivity (Wildman–Crippen MR) is 63.7 cm³/mol. The molecule has 0 saturated carbocycles. The van der Waals surface area contributed by atoms with Gasteiger partial charge in [0.25, 0.3) is 0 Å². The summed E-state index contributed by atoms with van der Waals surface area (Å²) in [6.07, 6.45) is -0.0418. The summed E-state index contributed by atoms with van der Waals surface area (Å²) in [5, 5.41) is 0. The van der Waals surface area contributed by atoms with Crippen LogP contribution in [-0.4, -0.2) is 18.4 Å². The van der Waals surface area contributed by atoms with Crippen molar-refractivity contribution in [2.75, 3.05) is 11.4 Å². The summed E-state index contributed by atoms with van der Waals surface area (Å²) in [4.78, 5) is 23.9. The van der Waals surface area contributed by atoms with Gasteiger partial charge in [0.1, 0.15) is 11.6 Å². The minimum absolute atomic E-state index is 0.0117. The Balaban J connectivity index is 2.38. The largest absolute Gasteiger partial charge is 0.369 e. The van der Waals surface area contributed by atoms with Crippen LogP contribution in [-0.2, 0) is 9.59 Å². The Kier molecular flexibility index (Phi) is 3.34. The van der Waals surface area contributed by atoms with Gasteiger partial charge in [-0.2, -0.15) is 0 Å². The van der Waals surface area contributed by atoms with E-state index in [4.69, 9.17) is 5.73 Å². The fourth-order valence-electron chi connectivity index (χ4n) is 1.87. The summed E-state index contributed by atoms with van der Waals surface area (Å²) in [6.45, 7) is 0.0374. The minimum Gasteiger partial charge on any atom is -0.369 e. The van der Waals surface area contributed by atoms with Gasteiger partial charge in [-0.3, -0.25) is 9.59 Å². The van der Waals surface area contributed by atoms with Crippen LogP contribution >= 0.6 is 15.9 Å². The Hall–Kier alpha value is -1.50. The first-order valence-corrected chi connectivity index (χ1v) is 5.93. The average Bonchev–Trinajstić information content (AvgIpc) is 2.66. The molecule has 0 bridgehead atoms. The van der Waals surface area contributed by atoms with Gasteiger partial charge in [0.2, 0.25) is 11.8 Å². The van der Waals surface area contributed by atoms with E-state index in [9.17, 15) is 18.4 Å². The Labute approximate surface area is 110 Å². The molecule has 1 fully saturated rings. The van der Waals surface area contributed by atoms with Gasteiger partial charge in [-0.1, -0.05) is 0 Å². The molecule has 2 N–H and O–H groups in total. The highest BCUT2D eigenvalue weighted by molar-refractivity contribution is 9.10. The maximum Gasteiger partial charge on any atom is 0.227 e. The molecule has 2 rings (SSSR count). The molecule has 96 valence electrons. The van der Waals surface area contributed by atoms with Gasteiger partial charge in [0.15, 0.2) is 0 Å². The molecule has 1 aliphatic rings. The Morgan fingerprint density at radius 2 is 2.11 bits per heavy atom. The molecule has 0 aliphatic carbocycles. The number of hydrogen-bond donors (Lipinski definition) is 1. The van der Waals surface area contributed by atoms with Gasteiger partial charge >= 0.3 is 0 Å². The molecule has 1 heterocycles. The standard InChI is InChI=1S/C11H9BrF2N2O2/c12-10-7(14)2-6(13)3-8(10)16-4-5(11(15)18)1-9(16)17/h2-3,5H,1,4H2,(H2,15,18). The lowest BCUT2D eigenvalue weighted by Gasteiger charge is -2.18. The summed E-state index contributed by atoms with van der Waals surface area (Å²) in [5.74, 6) is -3.21. The minimum atomic E-state index is -0.805. The molecule has 1 aliphatic heterocycles. The van der Waals surface area contributed by atoms with Gasteiger partial charge in [-0.05, 0) is 22.0 Å². The van der Waals surface area contributed by atoms with Gasteiger partial charge in [-0.25, -0.2) is 8.78 Å². The number of amides is 2. The third-order valence-electron chi connectivity index (χ3n) is 2.79. The smallest absolute Gasteiger partial charge is 0.227 e. The van der Waals surface area contributed by atoms with Crippen molar-refractivity contribution in [3.05, 3.63) is 28.2 Å². The van der Waals surface area contributed by atoms with Crippen LogP contribution in [0.4, 0.5) is 14.5 Å². The van der Waals surface area contributed by atoms with Crippen molar-refractivity contribution < 1.29 is 18.4 Å². The SMILES string of the molecule is NC(=O)C1CC(=O)N(c2cc(F)cc(F)c2Br)C1. The number of benzene rings is 1. The molecule has 0 spiro atoms. The van der Waals surface area contributed by atoms with Crippen LogP contribution in [0.5, 0.6) is 0 Å². The fraction of sp³-hybridized carbons (Fsp3) is 0.273. The van der Waals surface area contributed by atoms with Crippen molar-refractivity contribution in [3.8, 4) is 0 Å². The summed E-state index contributed by atoms with van der Waals surface area (Å²) in [6, 6.07) is 1.74. The highest BCUT2D eigenvalue weighted by Crippen LogP contribution is 2.33. The van der Waals surface area contributed by atoms with Gasteiger partial charge < -0.3 is 10.6 Å². The number of carbonyl (C=O) groups is 2. The number of nitrogens with two attached hydrogens (primary N) is 1. The van der Waals surface area contributed by atoms with Crippen LogP contribution in [0.2, 0.25) is 0 Å². The van der Waals surface area contributed by atoms with Crippen molar-refractivity contribution in [1.82, 2.24) is 0 Å². The zero-order valence-electron chi connectivity index (χ0n) is 9.12. The first-order valence-electron chi connectivity index (χ1n) is 5.14. The first-order chi connectivity index (χ1) is 8.40. The molecule has 1 saturated heterocycles. The maximum absolute atomic E-state index is 13.4. The number of rotatable bonds is 2. The van der Waals surface area contributed by atoms with E-state index in [1.54, 1.807) is 0 Å². The molecule has 4 nitrogen and oxygen atoms in total. The van der Waals surface area contributed by atoms with Crippen molar-refractivity contribution in [2.45, 2.75) is 6.42 Å². The monoisotopic (exact) mass is 318 g/mol. The highest BCUT2D eigenvalue weighted by Gasteiger charge is 2.35. The van der Waals surface area contributed by atoms with Crippen LogP contribution < -0.4 is 10.6 Å². The molecule has 1 unspecified atom stereocenters. The number of anilines is 1. The van der Waals surface area contributed by atoms with E-state index < -0.39 is 23.5 Å². The molecule has 0 radical (unpaired) electrons. The summed E-state index contributed by atoms with van der Waals surface area (Å²) in [7, 11) is 0. The summed E-state index contributed by atoms with van der Waals surface area (Å²) < 4.78 is 26.5. The second-order valence-electron chi connectivity index (χ2n) is 4.03. The zero-order valence-corrected chi connectivity index (χ0v) is 10.7. The van der Waals surface area contributed by atoms with Crippen LogP contribution in [0.3, 0.4) is 0 Å². The van der Waals surface area contributed by atoms with E-state index in [-0.39, 0.29) is 29.0 Å². The Morgan fingerprint density at radius 1 is 1.44 bits per heavy atom. The summed E-state index contributed by atoms with van der Waals surface area (Å²) >= 11 is 2.96. The van der Waals surface area contributed by atoms with Crippen molar-refractivity contribution >= 4 is 33.4 Å². The number of halogens is 3. The lowest BCUT2D eigenvalue weighted by molar-refractivity contribution is -0.123. The predicted octanol–water partition coefficient (Wildman–Crippen LogP) is 1.57. The normalized spacial score (nSPS) is 19.4.